The summed E-state index contributed by atoms with van der Waals surface area (Å²) in [6.07, 6.45) is 3.47. The molecule has 0 aliphatic rings. The van der Waals surface area contributed by atoms with E-state index in [1.165, 1.54) is 0 Å². The van der Waals surface area contributed by atoms with Gasteiger partial charge < -0.3 is 4.57 Å². The van der Waals surface area contributed by atoms with Gasteiger partial charge in [0.25, 0.3) is 0 Å². The molecule has 1 aromatic rings. The average molecular weight is 237 g/mol. The lowest BCUT2D eigenvalue weighted by Gasteiger charge is -2.03. The van der Waals surface area contributed by atoms with Crippen molar-refractivity contribution >= 4 is 22.0 Å². The maximum atomic E-state index is 8.82. The Kier molecular flexibility index (Phi) is 3.10. The van der Waals surface area contributed by atoms with Crippen LogP contribution < -0.4 is 0 Å². The molecule has 0 aliphatic heterocycles. The van der Waals surface area contributed by atoms with Crippen LogP contribution in [0.15, 0.2) is 29.8 Å². The topological polar surface area (TPSA) is 28.7 Å². The zero-order valence-electron chi connectivity index (χ0n) is 7.13. The van der Waals surface area contributed by atoms with E-state index in [0.29, 0.717) is 12.2 Å². The fraction of sp³-hybridized carbons (Fsp3) is 0.100. The van der Waals surface area contributed by atoms with Crippen LogP contribution in [0.5, 0.6) is 0 Å². The van der Waals surface area contributed by atoms with Gasteiger partial charge in [0.1, 0.15) is 11.8 Å². The summed E-state index contributed by atoms with van der Waals surface area (Å²) in [6, 6.07) is 3.89. The molecule has 0 radical (unpaired) electrons. The van der Waals surface area contributed by atoms with E-state index in [2.05, 4.69) is 35.2 Å². The number of halogens is 1. The lowest BCUT2D eigenvalue weighted by atomic mass is 10.4. The highest BCUT2D eigenvalue weighted by Gasteiger charge is 2.08. The molecule has 0 bridgehead atoms. The van der Waals surface area contributed by atoms with Gasteiger partial charge in [-0.15, -0.1) is 6.58 Å². The van der Waals surface area contributed by atoms with E-state index in [0.717, 1.165) is 10.2 Å². The molecule has 0 unspecified atom stereocenters. The molecule has 13 heavy (non-hydrogen) atoms. The predicted octanol–water partition coefficient (Wildman–Crippen LogP) is 2.95. The number of aromatic nitrogens is 1. The molecule has 1 heterocycles. The second-order valence-corrected chi connectivity index (χ2v) is 3.33. The van der Waals surface area contributed by atoms with E-state index in [1.807, 2.05) is 4.57 Å². The number of hydrogen-bond acceptors (Lipinski definition) is 1. The van der Waals surface area contributed by atoms with Crippen molar-refractivity contribution in [3.05, 3.63) is 41.2 Å². The highest BCUT2D eigenvalue weighted by atomic mass is 79.9. The molecule has 0 N–H and O–H groups in total. The third-order valence-electron chi connectivity index (χ3n) is 1.71. The molecule has 66 valence electrons. The second-order valence-electron chi connectivity index (χ2n) is 2.48. The molecule has 0 atom stereocenters. The fourth-order valence-corrected chi connectivity index (χ4v) is 1.75. The van der Waals surface area contributed by atoms with Gasteiger partial charge in [0.2, 0.25) is 0 Å². The quantitative estimate of drug-likeness (QED) is 0.743. The minimum atomic E-state index is 0.613. The molecule has 0 spiro atoms. The standard InChI is InChI=1S/C10H9BrN2/c1-3-5-13-8(7-12)6-9(11)10(13)4-2/h3-4,6H,1-2,5H2. The van der Waals surface area contributed by atoms with E-state index in [1.54, 1.807) is 18.2 Å². The van der Waals surface area contributed by atoms with Crippen LogP contribution in [0, 0.1) is 11.3 Å². The van der Waals surface area contributed by atoms with Gasteiger partial charge in [-0.3, -0.25) is 0 Å². The van der Waals surface area contributed by atoms with E-state index < -0.39 is 0 Å². The number of hydrogen-bond donors (Lipinski definition) is 0. The van der Waals surface area contributed by atoms with E-state index in [-0.39, 0.29) is 0 Å². The fourth-order valence-electron chi connectivity index (χ4n) is 1.16. The Morgan fingerprint density at radius 3 is 2.77 bits per heavy atom. The Morgan fingerprint density at radius 2 is 2.31 bits per heavy atom. The summed E-state index contributed by atoms with van der Waals surface area (Å²) in [7, 11) is 0. The van der Waals surface area contributed by atoms with Crippen molar-refractivity contribution in [2.75, 3.05) is 0 Å². The third kappa shape index (κ3) is 1.73. The van der Waals surface area contributed by atoms with Crippen molar-refractivity contribution in [2.24, 2.45) is 0 Å². The van der Waals surface area contributed by atoms with Gasteiger partial charge in [0.05, 0.1) is 5.69 Å². The van der Waals surface area contributed by atoms with Crippen LogP contribution in [0.4, 0.5) is 0 Å². The van der Waals surface area contributed by atoms with Crippen LogP contribution in [0.2, 0.25) is 0 Å². The number of nitriles is 1. The molecule has 3 heteroatoms. The second kappa shape index (κ2) is 4.11. The minimum absolute atomic E-state index is 0.613. The SMILES string of the molecule is C=CCn1c(C#N)cc(Br)c1C=C. The predicted molar refractivity (Wildman–Crippen MR) is 57.1 cm³/mol. The Hall–Kier alpha value is -1.27. The van der Waals surface area contributed by atoms with Gasteiger partial charge in [-0.2, -0.15) is 5.26 Å². The lowest BCUT2D eigenvalue weighted by molar-refractivity contribution is 0.807. The van der Waals surface area contributed by atoms with Crippen LogP contribution >= 0.6 is 15.9 Å². The molecule has 0 aliphatic carbocycles. The molecule has 1 rings (SSSR count). The van der Waals surface area contributed by atoms with Crippen molar-refractivity contribution in [1.29, 1.82) is 5.26 Å². The van der Waals surface area contributed by atoms with Crippen LogP contribution in [-0.2, 0) is 6.54 Å². The summed E-state index contributed by atoms with van der Waals surface area (Å²) >= 11 is 3.36. The molecule has 0 saturated heterocycles. The summed E-state index contributed by atoms with van der Waals surface area (Å²) in [4.78, 5) is 0. The van der Waals surface area contributed by atoms with Crippen LogP contribution in [-0.4, -0.2) is 4.57 Å². The zero-order valence-corrected chi connectivity index (χ0v) is 8.71. The first-order chi connectivity index (χ1) is 6.24. The van der Waals surface area contributed by atoms with Gasteiger partial charge in [-0.05, 0) is 28.1 Å². The van der Waals surface area contributed by atoms with Crippen LogP contribution in [0.3, 0.4) is 0 Å². The van der Waals surface area contributed by atoms with Gasteiger partial charge in [0, 0.05) is 11.0 Å². The highest BCUT2D eigenvalue weighted by Crippen LogP contribution is 2.22. The number of rotatable bonds is 3. The molecule has 1 aromatic heterocycles. The van der Waals surface area contributed by atoms with E-state index in [4.69, 9.17) is 5.26 Å². The molecular weight excluding hydrogens is 228 g/mol. The highest BCUT2D eigenvalue weighted by molar-refractivity contribution is 9.10. The zero-order chi connectivity index (χ0) is 9.84. The normalized spacial score (nSPS) is 9.23. The molecule has 0 aromatic carbocycles. The lowest BCUT2D eigenvalue weighted by Crippen LogP contribution is -2.00. The summed E-state index contributed by atoms with van der Waals surface area (Å²) < 4.78 is 2.74. The summed E-state index contributed by atoms with van der Waals surface area (Å²) in [5, 5.41) is 8.82. The Labute approximate surface area is 85.9 Å². The van der Waals surface area contributed by atoms with Crippen LogP contribution in [0.25, 0.3) is 6.08 Å². The van der Waals surface area contributed by atoms with Gasteiger partial charge >= 0.3 is 0 Å². The Balaban J connectivity index is 3.33. The number of nitrogens with zero attached hydrogens (tertiary/aromatic N) is 2. The number of allylic oxidation sites excluding steroid dienone is 1. The van der Waals surface area contributed by atoms with Crippen molar-refractivity contribution in [3.8, 4) is 6.07 Å². The maximum absolute atomic E-state index is 8.82. The van der Waals surface area contributed by atoms with Gasteiger partial charge in [-0.1, -0.05) is 12.7 Å². The van der Waals surface area contributed by atoms with E-state index >= 15 is 0 Å². The summed E-state index contributed by atoms with van der Waals surface area (Å²) in [6.45, 7) is 7.94. The average Bonchev–Trinajstić information content (AvgIpc) is 2.43. The van der Waals surface area contributed by atoms with Crippen molar-refractivity contribution in [1.82, 2.24) is 4.57 Å². The van der Waals surface area contributed by atoms with Crippen molar-refractivity contribution < 1.29 is 0 Å². The van der Waals surface area contributed by atoms with E-state index in [9.17, 15) is 0 Å². The minimum Gasteiger partial charge on any atom is -0.328 e. The molecule has 2 nitrogen and oxygen atoms in total. The monoisotopic (exact) mass is 236 g/mol. The van der Waals surface area contributed by atoms with Crippen LogP contribution in [0.1, 0.15) is 11.4 Å². The van der Waals surface area contributed by atoms with Gasteiger partial charge in [0.15, 0.2) is 0 Å². The van der Waals surface area contributed by atoms with Crippen molar-refractivity contribution in [2.45, 2.75) is 6.54 Å². The van der Waals surface area contributed by atoms with Crippen molar-refractivity contribution in [3.63, 3.8) is 0 Å². The first-order valence-electron chi connectivity index (χ1n) is 3.77. The molecule has 0 amide bonds. The maximum Gasteiger partial charge on any atom is 0.122 e. The smallest absolute Gasteiger partial charge is 0.122 e. The largest absolute Gasteiger partial charge is 0.328 e. The first-order valence-corrected chi connectivity index (χ1v) is 4.56. The summed E-state index contributed by atoms with van der Waals surface area (Å²) in [5.74, 6) is 0. The Morgan fingerprint density at radius 1 is 1.62 bits per heavy atom. The third-order valence-corrected chi connectivity index (χ3v) is 2.34. The van der Waals surface area contributed by atoms with Gasteiger partial charge in [-0.25, -0.2) is 0 Å². The summed E-state index contributed by atoms with van der Waals surface area (Å²) in [5.41, 5.74) is 1.53. The molecule has 0 saturated carbocycles. The molecule has 0 fully saturated rings. The molecular formula is C10H9BrN2. The first kappa shape index (κ1) is 9.82. The Bertz CT molecular complexity index is 382.